The van der Waals surface area contributed by atoms with Gasteiger partial charge in [-0.05, 0) is 30.7 Å². The van der Waals surface area contributed by atoms with Crippen LogP contribution in [0.1, 0.15) is 12.5 Å². The third kappa shape index (κ3) is 4.14. The molecule has 1 aromatic carbocycles. The summed E-state index contributed by atoms with van der Waals surface area (Å²) in [5.74, 6) is -0.232. The number of anilines is 1. The zero-order chi connectivity index (χ0) is 12.0. The first-order chi connectivity index (χ1) is 7.61. The van der Waals surface area contributed by atoms with E-state index in [0.717, 1.165) is 5.56 Å². The van der Waals surface area contributed by atoms with E-state index in [9.17, 15) is 4.79 Å². The number of nitrogens with two attached hydrogens (primary N) is 1. The van der Waals surface area contributed by atoms with Crippen LogP contribution in [0.2, 0.25) is 0 Å². The lowest BCUT2D eigenvalue weighted by Gasteiger charge is -2.07. The van der Waals surface area contributed by atoms with Gasteiger partial charge >= 0.3 is 0 Å². The lowest BCUT2D eigenvalue weighted by Crippen LogP contribution is -2.33. The quantitative estimate of drug-likeness (QED) is 0.518. The third-order valence-corrected chi connectivity index (χ3v) is 2.00. The van der Waals surface area contributed by atoms with E-state index in [-0.39, 0.29) is 18.6 Å². The minimum absolute atomic E-state index is 0.0716. The van der Waals surface area contributed by atoms with Gasteiger partial charge in [-0.3, -0.25) is 4.79 Å². The van der Waals surface area contributed by atoms with Gasteiger partial charge in [0.2, 0.25) is 5.91 Å². The maximum atomic E-state index is 11.3. The fourth-order valence-corrected chi connectivity index (χ4v) is 1.17. The van der Waals surface area contributed by atoms with E-state index in [1.165, 1.54) is 6.08 Å². The number of rotatable bonds is 4. The summed E-state index contributed by atoms with van der Waals surface area (Å²) in [7, 11) is 0. The van der Waals surface area contributed by atoms with Crippen LogP contribution in [-0.4, -0.2) is 23.7 Å². The summed E-state index contributed by atoms with van der Waals surface area (Å²) in [4.78, 5) is 11.3. The zero-order valence-corrected chi connectivity index (χ0v) is 9.18. The van der Waals surface area contributed by atoms with Gasteiger partial charge in [0.15, 0.2) is 0 Å². The summed E-state index contributed by atoms with van der Waals surface area (Å²) in [6, 6.07) is 7.00. The molecule has 4 heteroatoms. The molecule has 0 aliphatic carbocycles. The standard InChI is InChI=1S/C12H16N2O2/c1-9(8-15)14-12(16)6-5-10-3-2-4-11(13)7-10/h2-7,9,15H,8,13H2,1H3,(H,14,16)/b6-5+. The number of benzene rings is 1. The molecule has 0 saturated carbocycles. The molecule has 0 aliphatic heterocycles. The van der Waals surface area contributed by atoms with E-state index in [4.69, 9.17) is 10.8 Å². The van der Waals surface area contributed by atoms with Crippen LogP contribution in [0.3, 0.4) is 0 Å². The molecule has 0 fully saturated rings. The summed E-state index contributed by atoms with van der Waals surface area (Å²) < 4.78 is 0. The van der Waals surface area contributed by atoms with Crippen molar-refractivity contribution in [1.82, 2.24) is 5.32 Å². The van der Waals surface area contributed by atoms with Gasteiger partial charge in [-0.25, -0.2) is 0 Å². The predicted molar refractivity (Wildman–Crippen MR) is 64.6 cm³/mol. The van der Waals surface area contributed by atoms with Crippen LogP contribution in [0.4, 0.5) is 5.69 Å². The fourth-order valence-electron chi connectivity index (χ4n) is 1.17. The Kier molecular flexibility index (Phi) is 4.54. The summed E-state index contributed by atoms with van der Waals surface area (Å²) in [5.41, 5.74) is 7.13. The van der Waals surface area contributed by atoms with Crippen LogP contribution in [-0.2, 0) is 4.79 Å². The first-order valence-corrected chi connectivity index (χ1v) is 5.07. The maximum absolute atomic E-state index is 11.3. The average molecular weight is 220 g/mol. The van der Waals surface area contributed by atoms with Gasteiger partial charge < -0.3 is 16.2 Å². The summed E-state index contributed by atoms with van der Waals surface area (Å²) in [6.07, 6.45) is 3.09. The van der Waals surface area contributed by atoms with E-state index in [0.29, 0.717) is 5.69 Å². The SMILES string of the molecule is CC(CO)NC(=O)/C=C/c1cccc(N)c1. The molecule has 1 unspecified atom stereocenters. The van der Waals surface area contributed by atoms with Crippen molar-refractivity contribution in [3.05, 3.63) is 35.9 Å². The van der Waals surface area contributed by atoms with E-state index < -0.39 is 0 Å². The Balaban J connectivity index is 2.56. The van der Waals surface area contributed by atoms with Crippen LogP contribution in [0.5, 0.6) is 0 Å². The molecule has 0 aromatic heterocycles. The highest BCUT2D eigenvalue weighted by atomic mass is 16.3. The van der Waals surface area contributed by atoms with Crippen LogP contribution in [0, 0.1) is 0 Å². The van der Waals surface area contributed by atoms with Crippen molar-refractivity contribution in [3.8, 4) is 0 Å². The summed E-state index contributed by atoms with van der Waals surface area (Å²) in [5, 5.41) is 11.4. The van der Waals surface area contributed by atoms with Gasteiger partial charge in [0.1, 0.15) is 0 Å². The molecule has 0 radical (unpaired) electrons. The van der Waals surface area contributed by atoms with Gasteiger partial charge in [0.05, 0.1) is 6.61 Å². The minimum Gasteiger partial charge on any atom is -0.399 e. The van der Waals surface area contributed by atoms with Crippen molar-refractivity contribution in [2.45, 2.75) is 13.0 Å². The monoisotopic (exact) mass is 220 g/mol. The topological polar surface area (TPSA) is 75.3 Å². The number of carbonyl (C=O) groups excluding carboxylic acids is 1. The van der Waals surface area contributed by atoms with Gasteiger partial charge in [-0.2, -0.15) is 0 Å². The van der Waals surface area contributed by atoms with Gasteiger partial charge in [-0.1, -0.05) is 12.1 Å². The highest BCUT2D eigenvalue weighted by molar-refractivity contribution is 5.92. The lowest BCUT2D eigenvalue weighted by atomic mass is 10.2. The Morgan fingerprint density at radius 3 is 3.00 bits per heavy atom. The van der Waals surface area contributed by atoms with Crippen molar-refractivity contribution in [2.24, 2.45) is 0 Å². The number of aliphatic hydroxyl groups is 1. The molecular weight excluding hydrogens is 204 g/mol. The summed E-state index contributed by atoms with van der Waals surface area (Å²) in [6.45, 7) is 1.66. The molecule has 4 N–H and O–H groups in total. The predicted octanol–water partition coefficient (Wildman–Crippen LogP) is 0.779. The number of nitrogen functional groups attached to an aromatic ring is 1. The van der Waals surface area contributed by atoms with E-state index in [2.05, 4.69) is 5.32 Å². The average Bonchev–Trinajstić information content (AvgIpc) is 2.26. The number of hydrogen-bond acceptors (Lipinski definition) is 3. The van der Waals surface area contributed by atoms with Crippen LogP contribution >= 0.6 is 0 Å². The molecule has 0 saturated heterocycles. The third-order valence-electron chi connectivity index (χ3n) is 2.00. The first-order valence-electron chi connectivity index (χ1n) is 5.07. The molecule has 0 heterocycles. The molecule has 0 aliphatic rings. The Morgan fingerprint density at radius 2 is 2.38 bits per heavy atom. The van der Waals surface area contributed by atoms with Crippen LogP contribution in [0.25, 0.3) is 6.08 Å². The molecule has 1 aromatic rings. The van der Waals surface area contributed by atoms with E-state index in [1.807, 2.05) is 12.1 Å². The smallest absolute Gasteiger partial charge is 0.244 e. The van der Waals surface area contributed by atoms with E-state index in [1.54, 1.807) is 25.1 Å². The van der Waals surface area contributed by atoms with Crippen molar-refractivity contribution < 1.29 is 9.90 Å². The number of carbonyl (C=O) groups is 1. The summed E-state index contributed by atoms with van der Waals surface area (Å²) >= 11 is 0. The normalized spacial score (nSPS) is 12.6. The van der Waals surface area contributed by atoms with Crippen molar-refractivity contribution in [2.75, 3.05) is 12.3 Å². The molecule has 0 bridgehead atoms. The number of aliphatic hydroxyl groups excluding tert-OH is 1. The Hall–Kier alpha value is -1.81. The van der Waals surface area contributed by atoms with Crippen molar-refractivity contribution in [1.29, 1.82) is 0 Å². The lowest BCUT2D eigenvalue weighted by molar-refractivity contribution is -0.117. The van der Waals surface area contributed by atoms with Crippen LogP contribution < -0.4 is 11.1 Å². The Bertz CT molecular complexity index is 388. The second kappa shape index (κ2) is 5.92. The maximum Gasteiger partial charge on any atom is 0.244 e. The largest absolute Gasteiger partial charge is 0.399 e. The molecule has 1 atom stereocenters. The van der Waals surface area contributed by atoms with Crippen molar-refractivity contribution in [3.63, 3.8) is 0 Å². The Labute approximate surface area is 94.8 Å². The molecule has 16 heavy (non-hydrogen) atoms. The van der Waals surface area contributed by atoms with Crippen molar-refractivity contribution >= 4 is 17.7 Å². The number of hydrogen-bond donors (Lipinski definition) is 3. The Morgan fingerprint density at radius 1 is 1.62 bits per heavy atom. The molecule has 4 nitrogen and oxygen atoms in total. The van der Waals surface area contributed by atoms with Crippen LogP contribution in [0.15, 0.2) is 30.3 Å². The second-order valence-electron chi connectivity index (χ2n) is 3.60. The minimum atomic E-state index is -0.238. The second-order valence-corrected chi connectivity index (χ2v) is 3.60. The highest BCUT2D eigenvalue weighted by Crippen LogP contribution is 2.07. The molecule has 0 spiro atoms. The molecular formula is C12H16N2O2. The number of nitrogens with one attached hydrogen (secondary N) is 1. The fraction of sp³-hybridized carbons (Fsp3) is 0.250. The number of amides is 1. The highest BCUT2D eigenvalue weighted by Gasteiger charge is 2.01. The zero-order valence-electron chi connectivity index (χ0n) is 9.18. The van der Waals surface area contributed by atoms with Gasteiger partial charge in [0.25, 0.3) is 0 Å². The molecule has 1 amide bonds. The van der Waals surface area contributed by atoms with Gasteiger partial charge in [-0.15, -0.1) is 0 Å². The van der Waals surface area contributed by atoms with Gasteiger partial charge in [0, 0.05) is 17.8 Å². The molecule has 1 rings (SSSR count). The first kappa shape index (κ1) is 12.3. The molecule has 86 valence electrons. The van der Waals surface area contributed by atoms with E-state index >= 15 is 0 Å².